The first-order valence-corrected chi connectivity index (χ1v) is 19.2. The van der Waals surface area contributed by atoms with Gasteiger partial charge in [-0.2, -0.15) is 0 Å². The fraction of sp³-hybridized carbons (Fsp3) is 0. The lowest BCUT2D eigenvalue weighted by atomic mass is 9.91. The van der Waals surface area contributed by atoms with Crippen LogP contribution in [-0.2, 0) is 0 Å². The van der Waals surface area contributed by atoms with E-state index in [1.807, 2.05) is 0 Å². The number of hydrogen-bond acceptors (Lipinski definition) is 2. The minimum atomic E-state index is 0.868. The lowest BCUT2D eigenvalue weighted by Gasteiger charge is -2.27. The Morgan fingerprint density at radius 2 is 0.821 bits per heavy atom. The average molecular weight is 714 g/mol. The minimum Gasteiger partial charge on any atom is -0.455 e. The number of anilines is 3. The third-order valence-corrected chi connectivity index (χ3v) is 11.3. The zero-order chi connectivity index (χ0) is 37.0. The minimum absolute atomic E-state index is 0.868. The number of rotatable bonds is 6. The van der Waals surface area contributed by atoms with E-state index in [1.54, 1.807) is 0 Å². The van der Waals surface area contributed by atoms with Crippen molar-refractivity contribution in [3.63, 3.8) is 0 Å². The maximum absolute atomic E-state index is 6.68. The molecule has 0 radical (unpaired) electrons. The van der Waals surface area contributed by atoms with Gasteiger partial charge >= 0.3 is 0 Å². The van der Waals surface area contributed by atoms with Crippen LogP contribution in [0.25, 0.3) is 87.6 Å². The van der Waals surface area contributed by atoms with Gasteiger partial charge in [-0.05, 0) is 103 Å². The van der Waals surface area contributed by atoms with Crippen LogP contribution in [0.4, 0.5) is 17.1 Å². The Hall–Kier alpha value is -7.42. The van der Waals surface area contributed by atoms with Crippen molar-refractivity contribution < 1.29 is 4.42 Å². The number of fused-ring (bicyclic) bond motifs is 7. The molecule has 1 heterocycles. The Labute approximate surface area is 325 Å². The topological polar surface area (TPSA) is 16.4 Å². The van der Waals surface area contributed by atoms with Gasteiger partial charge in [-0.1, -0.05) is 170 Å². The SMILES string of the molecule is c1ccc(-c2cccc3cccc(-c4ccc(N(c5ccc(-c6cccc7ccccc67)cc5)c5cccc6oc7c8ccccc8ccc7c56)cc4)c23)cc1. The third kappa shape index (κ3) is 5.26. The monoisotopic (exact) mass is 713 g/mol. The van der Waals surface area contributed by atoms with E-state index in [-0.39, 0.29) is 0 Å². The van der Waals surface area contributed by atoms with Crippen molar-refractivity contribution in [1.82, 2.24) is 0 Å². The lowest BCUT2D eigenvalue weighted by molar-refractivity contribution is 0.672. The number of benzene rings is 10. The van der Waals surface area contributed by atoms with Crippen LogP contribution >= 0.6 is 0 Å². The van der Waals surface area contributed by atoms with E-state index >= 15 is 0 Å². The van der Waals surface area contributed by atoms with E-state index in [9.17, 15) is 0 Å². The number of nitrogens with zero attached hydrogens (tertiary/aromatic N) is 1. The molecule has 11 rings (SSSR count). The average Bonchev–Trinajstić information content (AvgIpc) is 3.67. The van der Waals surface area contributed by atoms with Gasteiger partial charge in [0.2, 0.25) is 0 Å². The Bertz CT molecular complexity index is 3220. The molecule has 0 fully saturated rings. The van der Waals surface area contributed by atoms with Crippen LogP contribution in [0.15, 0.2) is 217 Å². The molecular weight excluding hydrogens is 679 g/mol. The first-order chi connectivity index (χ1) is 27.8. The summed E-state index contributed by atoms with van der Waals surface area (Å²) in [5.74, 6) is 0. The summed E-state index contributed by atoms with van der Waals surface area (Å²) in [5, 5.41) is 9.46. The van der Waals surface area contributed by atoms with Gasteiger partial charge in [0.15, 0.2) is 0 Å². The molecule has 0 saturated heterocycles. The molecule has 2 nitrogen and oxygen atoms in total. The maximum Gasteiger partial charge on any atom is 0.143 e. The molecule has 0 N–H and O–H groups in total. The predicted octanol–water partition coefficient (Wildman–Crippen LogP) is 15.5. The molecule has 0 amide bonds. The van der Waals surface area contributed by atoms with Gasteiger partial charge in [0.05, 0.1) is 11.1 Å². The van der Waals surface area contributed by atoms with Crippen LogP contribution in [0.5, 0.6) is 0 Å². The van der Waals surface area contributed by atoms with Crippen molar-refractivity contribution in [1.29, 1.82) is 0 Å². The van der Waals surface area contributed by atoms with Crippen LogP contribution in [0.3, 0.4) is 0 Å². The first-order valence-electron chi connectivity index (χ1n) is 19.2. The lowest BCUT2D eigenvalue weighted by Crippen LogP contribution is -2.10. The van der Waals surface area contributed by atoms with Gasteiger partial charge in [-0.25, -0.2) is 0 Å². The number of hydrogen-bond donors (Lipinski definition) is 0. The van der Waals surface area contributed by atoms with E-state index in [1.165, 1.54) is 60.3 Å². The largest absolute Gasteiger partial charge is 0.455 e. The van der Waals surface area contributed by atoms with E-state index in [4.69, 9.17) is 4.42 Å². The summed E-state index contributed by atoms with van der Waals surface area (Å²) in [4.78, 5) is 2.38. The molecule has 10 aromatic carbocycles. The van der Waals surface area contributed by atoms with Gasteiger partial charge in [0.25, 0.3) is 0 Å². The van der Waals surface area contributed by atoms with Gasteiger partial charge in [0, 0.05) is 22.1 Å². The molecule has 11 aromatic rings. The first kappa shape index (κ1) is 32.0. The smallest absolute Gasteiger partial charge is 0.143 e. The molecule has 0 aliphatic rings. The summed E-state index contributed by atoms with van der Waals surface area (Å²) in [7, 11) is 0. The molecule has 262 valence electrons. The third-order valence-electron chi connectivity index (χ3n) is 11.3. The summed E-state index contributed by atoms with van der Waals surface area (Å²) in [6.07, 6.45) is 0. The normalized spacial score (nSPS) is 11.6. The summed E-state index contributed by atoms with van der Waals surface area (Å²) in [5.41, 5.74) is 12.2. The highest BCUT2D eigenvalue weighted by Gasteiger charge is 2.21. The summed E-state index contributed by atoms with van der Waals surface area (Å²) < 4.78 is 6.68. The van der Waals surface area contributed by atoms with Gasteiger partial charge in [-0.15, -0.1) is 0 Å². The highest BCUT2D eigenvalue weighted by atomic mass is 16.3. The van der Waals surface area contributed by atoms with Crippen molar-refractivity contribution in [2.75, 3.05) is 4.90 Å². The second-order valence-electron chi connectivity index (χ2n) is 14.4. The van der Waals surface area contributed by atoms with Crippen LogP contribution in [0.2, 0.25) is 0 Å². The second kappa shape index (κ2) is 13.2. The fourth-order valence-corrected chi connectivity index (χ4v) is 8.65. The van der Waals surface area contributed by atoms with Gasteiger partial charge < -0.3 is 9.32 Å². The standard InChI is InChI=1S/C54H35NO/c1-2-12-37(13-3-1)46-22-9-17-41-18-10-23-47(52(41)46)40-28-33-43(34-29-40)55(42-31-26-39(27-32-42)45-21-8-16-36-14-4-6-19-44(36)45)50-24-11-25-51-53(50)49-35-30-38-15-5-7-20-48(38)54(49)56-51/h1-35H. The molecule has 0 spiro atoms. The van der Waals surface area contributed by atoms with Crippen LogP contribution < -0.4 is 4.90 Å². The van der Waals surface area contributed by atoms with Crippen molar-refractivity contribution >= 4 is 71.3 Å². The quantitative estimate of drug-likeness (QED) is 0.171. The summed E-state index contributed by atoms with van der Waals surface area (Å²) >= 11 is 0. The summed E-state index contributed by atoms with van der Waals surface area (Å²) in [6, 6.07) is 76.4. The van der Waals surface area contributed by atoms with Crippen molar-refractivity contribution in [3.05, 3.63) is 212 Å². The Kier molecular flexibility index (Phi) is 7.53. The molecule has 0 aliphatic heterocycles. The Morgan fingerprint density at radius 3 is 1.52 bits per heavy atom. The molecule has 1 aromatic heterocycles. The van der Waals surface area contributed by atoms with Crippen LogP contribution in [-0.4, -0.2) is 0 Å². The highest BCUT2D eigenvalue weighted by molar-refractivity contribution is 6.19. The van der Waals surface area contributed by atoms with Crippen LogP contribution in [0.1, 0.15) is 0 Å². The van der Waals surface area contributed by atoms with E-state index < -0.39 is 0 Å². The zero-order valence-electron chi connectivity index (χ0n) is 30.6. The van der Waals surface area contributed by atoms with Crippen LogP contribution in [0, 0.1) is 0 Å². The summed E-state index contributed by atoms with van der Waals surface area (Å²) in [6.45, 7) is 0. The van der Waals surface area contributed by atoms with E-state index in [0.717, 1.165) is 44.4 Å². The Morgan fingerprint density at radius 1 is 0.304 bits per heavy atom. The molecule has 0 atom stereocenters. The molecule has 2 heteroatoms. The van der Waals surface area contributed by atoms with E-state index in [2.05, 4.69) is 217 Å². The molecule has 0 bridgehead atoms. The highest BCUT2D eigenvalue weighted by Crippen LogP contribution is 2.45. The molecule has 56 heavy (non-hydrogen) atoms. The second-order valence-corrected chi connectivity index (χ2v) is 14.4. The molecular formula is C54H35NO. The fourth-order valence-electron chi connectivity index (χ4n) is 8.65. The molecule has 0 aliphatic carbocycles. The zero-order valence-corrected chi connectivity index (χ0v) is 30.6. The van der Waals surface area contributed by atoms with Gasteiger partial charge in [-0.3, -0.25) is 0 Å². The molecule has 0 unspecified atom stereocenters. The number of furan rings is 1. The Balaban J connectivity index is 1.09. The van der Waals surface area contributed by atoms with Crippen molar-refractivity contribution in [3.8, 4) is 33.4 Å². The van der Waals surface area contributed by atoms with Gasteiger partial charge in [0.1, 0.15) is 11.2 Å². The van der Waals surface area contributed by atoms with Crippen molar-refractivity contribution in [2.45, 2.75) is 0 Å². The molecule has 0 saturated carbocycles. The van der Waals surface area contributed by atoms with E-state index in [0.29, 0.717) is 0 Å². The predicted molar refractivity (Wildman–Crippen MR) is 237 cm³/mol. The van der Waals surface area contributed by atoms with Crippen molar-refractivity contribution in [2.24, 2.45) is 0 Å². The maximum atomic E-state index is 6.68.